The number of nitrogens with one attached hydrogen (secondary N) is 1. The summed E-state index contributed by atoms with van der Waals surface area (Å²) in [4.78, 5) is 47.5. The monoisotopic (exact) mass is 484 g/mol. The Hall–Kier alpha value is -2.70. The van der Waals surface area contributed by atoms with Crippen LogP contribution in [0.1, 0.15) is 66.9 Å². The SMILES string of the molecule is C=N[C@H](Cc1ccccc1)C(=O)N(C[C@@H]1CCCN1C(=O)[C@@H](NC(=O)C(C)C)C(C)(C)C)C(C)C. The number of amides is 3. The largest absolute Gasteiger partial charge is 0.344 e. The Labute approximate surface area is 211 Å². The lowest BCUT2D eigenvalue weighted by Gasteiger charge is -2.38. The molecule has 194 valence electrons. The molecule has 0 aliphatic carbocycles. The molecular weight excluding hydrogens is 440 g/mol. The number of nitrogens with zero attached hydrogens (tertiary/aromatic N) is 3. The Morgan fingerprint density at radius 1 is 1.14 bits per heavy atom. The van der Waals surface area contributed by atoms with Crippen molar-refractivity contribution in [2.24, 2.45) is 16.3 Å². The third kappa shape index (κ3) is 7.64. The van der Waals surface area contributed by atoms with Crippen LogP contribution in [-0.2, 0) is 20.8 Å². The zero-order valence-electron chi connectivity index (χ0n) is 22.6. The van der Waals surface area contributed by atoms with Crippen molar-refractivity contribution in [3.05, 3.63) is 35.9 Å². The molecule has 1 aromatic rings. The topological polar surface area (TPSA) is 82.1 Å². The van der Waals surface area contributed by atoms with Gasteiger partial charge in [-0.3, -0.25) is 19.4 Å². The van der Waals surface area contributed by atoms with Crippen molar-refractivity contribution >= 4 is 24.4 Å². The first-order valence-electron chi connectivity index (χ1n) is 12.8. The smallest absolute Gasteiger partial charge is 0.247 e. The minimum Gasteiger partial charge on any atom is -0.344 e. The Balaban J connectivity index is 2.21. The predicted molar refractivity (Wildman–Crippen MR) is 141 cm³/mol. The zero-order valence-corrected chi connectivity index (χ0v) is 22.6. The summed E-state index contributed by atoms with van der Waals surface area (Å²) in [5, 5.41) is 2.97. The molecule has 1 N–H and O–H groups in total. The lowest BCUT2D eigenvalue weighted by Crippen LogP contribution is -2.58. The first-order valence-corrected chi connectivity index (χ1v) is 12.8. The standard InChI is InChI=1S/C28H44N4O3/c1-19(2)25(33)30-24(28(5,6)7)27(35)31-16-12-15-22(31)18-32(20(3)4)26(34)23(29-8)17-21-13-10-9-11-14-21/h9-11,13-14,19-20,22-24H,8,12,15-18H2,1-7H3,(H,30,33)/t22-,23+,24+/m0/s1. The molecule has 3 amide bonds. The zero-order chi connectivity index (χ0) is 26.3. The van der Waals surface area contributed by atoms with Crippen LogP contribution in [0.3, 0.4) is 0 Å². The van der Waals surface area contributed by atoms with E-state index in [1.165, 1.54) is 0 Å². The second kappa shape index (κ2) is 12.3. The van der Waals surface area contributed by atoms with Crippen LogP contribution in [0, 0.1) is 11.3 Å². The molecule has 7 nitrogen and oxygen atoms in total. The van der Waals surface area contributed by atoms with Crippen LogP contribution in [0.25, 0.3) is 0 Å². The van der Waals surface area contributed by atoms with Crippen molar-refractivity contribution in [2.75, 3.05) is 13.1 Å². The molecule has 1 saturated heterocycles. The van der Waals surface area contributed by atoms with E-state index in [9.17, 15) is 14.4 Å². The van der Waals surface area contributed by atoms with Gasteiger partial charge in [-0.15, -0.1) is 0 Å². The summed E-state index contributed by atoms with van der Waals surface area (Å²) in [5.41, 5.74) is 0.601. The number of carbonyl (C=O) groups is 3. The van der Waals surface area contributed by atoms with Crippen LogP contribution in [0.15, 0.2) is 35.3 Å². The predicted octanol–water partition coefficient (Wildman–Crippen LogP) is 3.71. The molecule has 0 bridgehead atoms. The molecule has 1 aliphatic heterocycles. The van der Waals surface area contributed by atoms with Crippen LogP contribution in [0.5, 0.6) is 0 Å². The number of rotatable bonds is 10. The molecule has 0 spiro atoms. The summed E-state index contributed by atoms with van der Waals surface area (Å²) in [6, 6.07) is 8.48. The van der Waals surface area contributed by atoms with E-state index in [1.807, 2.05) is 88.6 Å². The molecule has 3 atom stereocenters. The van der Waals surface area contributed by atoms with Gasteiger partial charge in [0.25, 0.3) is 0 Å². The maximum absolute atomic E-state index is 13.7. The number of hydrogen-bond donors (Lipinski definition) is 1. The third-order valence-electron chi connectivity index (χ3n) is 6.68. The molecule has 1 aliphatic rings. The average molecular weight is 485 g/mol. The Morgan fingerprint density at radius 3 is 2.29 bits per heavy atom. The van der Waals surface area contributed by atoms with Gasteiger partial charge in [-0.1, -0.05) is 65.0 Å². The Morgan fingerprint density at radius 2 is 1.77 bits per heavy atom. The van der Waals surface area contributed by atoms with Gasteiger partial charge in [0.05, 0.1) is 0 Å². The second-order valence-electron chi connectivity index (χ2n) is 11.3. The lowest BCUT2D eigenvalue weighted by molar-refractivity contribution is -0.143. The van der Waals surface area contributed by atoms with Crippen LogP contribution in [-0.4, -0.2) is 71.5 Å². The number of aliphatic imine (C=N–C) groups is 1. The molecule has 7 heteroatoms. The minimum absolute atomic E-state index is 0.0425. The summed E-state index contributed by atoms with van der Waals surface area (Å²) in [6.45, 7) is 18.3. The van der Waals surface area contributed by atoms with Crippen molar-refractivity contribution in [1.29, 1.82) is 0 Å². The van der Waals surface area contributed by atoms with Gasteiger partial charge in [0.1, 0.15) is 12.1 Å². The highest BCUT2D eigenvalue weighted by Crippen LogP contribution is 2.27. The molecule has 0 aromatic heterocycles. The van der Waals surface area contributed by atoms with E-state index in [0.29, 0.717) is 19.5 Å². The maximum Gasteiger partial charge on any atom is 0.247 e. The highest BCUT2D eigenvalue weighted by Gasteiger charge is 2.41. The Bertz CT molecular complexity index is 876. The maximum atomic E-state index is 13.7. The molecule has 1 heterocycles. The molecule has 2 rings (SSSR count). The first-order chi connectivity index (χ1) is 16.4. The average Bonchev–Trinajstić information content (AvgIpc) is 3.26. The van der Waals surface area contributed by atoms with E-state index in [1.54, 1.807) is 0 Å². The highest BCUT2D eigenvalue weighted by molar-refractivity contribution is 5.89. The van der Waals surface area contributed by atoms with Crippen LogP contribution >= 0.6 is 0 Å². The number of hydrogen-bond acceptors (Lipinski definition) is 4. The fraction of sp³-hybridized carbons (Fsp3) is 0.643. The van der Waals surface area contributed by atoms with Gasteiger partial charge < -0.3 is 15.1 Å². The first kappa shape index (κ1) is 28.5. The lowest BCUT2D eigenvalue weighted by atomic mass is 9.85. The second-order valence-corrected chi connectivity index (χ2v) is 11.3. The molecule has 1 fully saturated rings. The minimum atomic E-state index is -0.623. The summed E-state index contributed by atoms with van der Waals surface area (Å²) in [6.07, 6.45) is 2.19. The Kier molecular flexibility index (Phi) is 10.0. The van der Waals surface area contributed by atoms with Gasteiger partial charge in [0.2, 0.25) is 17.7 Å². The van der Waals surface area contributed by atoms with Gasteiger partial charge in [0, 0.05) is 37.5 Å². The van der Waals surface area contributed by atoms with E-state index in [0.717, 1.165) is 18.4 Å². The van der Waals surface area contributed by atoms with Crippen molar-refractivity contribution in [1.82, 2.24) is 15.1 Å². The molecule has 0 radical (unpaired) electrons. The highest BCUT2D eigenvalue weighted by atomic mass is 16.2. The van der Waals surface area contributed by atoms with E-state index in [2.05, 4.69) is 17.0 Å². The van der Waals surface area contributed by atoms with E-state index in [4.69, 9.17) is 0 Å². The van der Waals surface area contributed by atoms with Gasteiger partial charge in [-0.05, 0) is 44.4 Å². The number of carbonyl (C=O) groups excluding carboxylic acids is 3. The fourth-order valence-electron chi connectivity index (χ4n) is 4.48. The van der Waals surface area contributed by atoms with E-state index in [-0.39, 0.29) is 35.7 Å². The molecular formula is C28H44N4O3. The van der Waals surface area contributed by atoms with Crippen LogP contribution in [0.2, 0.25) is 0 Å². The van der Waals surface area contributed by atoms with Gasteiger partial charge in [-0.2, -0.15) is 0 Å². The molecule has 1 aromatic carbocycles. The summed E-state index contributed by atoms with van der Waals surface area (Å²) in [7, 11) is 0. The quantitative estimate of drug-likeness (QED) is 0.514. The molecule has 35 heavy (non-hydrogen) atoms. The van der Waals surface area contributed by atoms with E-state index >= 15 is 0 Å². The van der Waals surface area contributed by atoms with Gasteiger partial charge >= 0.3 is 0 Å². The third-order valence-corrected chi connectivity index (χ3v) is 6.68. The van der Waals surface area contributed by atoms with Crippen molar-refractivity contribution < 1.29 is 14.4 Å². The summed E-state index contributed by atoms with van der Waals surface area (Å²) in [5.74, 6) is -0.482. The molecule has 0 saturated carbocycles. The van der Waals surface area contributed by atoms with Crippen LogP contribution < -0.4 is 5.32 Å². The van der Waals surface area contributed by atoms with Crippen LogP contribution in [0.4, 0.5) is 0 Å². The number of benzene rings is 1. The van der Waals surface area contributed by atoms with Crippen molar-refractivity contribution in [3.8, 4) is 0 Å². The number of likely N-dealkylation sites (tertiary alicyclic amines) is 1. The summed E-state index contributed by atoms with van der Waals surface area (Å²) < 4.78 is 0. The van der Waals surface area contributed by atoms with E-state index < -0.39 is 17.5 Å². The normalized spacial score (nSPS) is 17.9. The van der Waals surface area contributed by atoms with Crippen molar-refractivity contribution in [2.45, 2.75) is 91.9 Å². The van der Waals surface area contributed by atoms with Crippen molar-refractivity contribution in [3.63, 3.8) is 0 Å². The summed E-state index contributed by atoms with van der Waals surface area (Å²) >= 11 is 0. The van der Waals surface area contributed by atoms with Gasteiger partial charge in [-0.25, -0.2) is 0 Å². The van der Waals surface area contributed by atoms with Gasteiger partial charge in [0.15, 0.2) is 0 Å². The fourth-order valence-corrected chi connectivity index (χ4v) is 4.48. The molecule has 0 unspecified atom stereocenters.